The minimum atomic E-state index is -1.00. The first kappa shape index (κ1) is 18.3. The molecule has 0 atom stereocenters. The molecule has 1 amide bonds. The van der Waals surface area contributed by atoms with E-state index in [0.717, 1.165) is 17.7 Å². The minimum absolute atomic E-state index is 0.171. The van der Waals surface area contributed by atoms with E-state index in [0.29, 0.717) is 17.7 Å². The zero-order chi connectivity index (χ0) is 19.2. The highest BCUT2D eigenvalue weighted by atomic mass is 16.4. The number of anilines is 1. The van der Waals surface area contributed by atoms with Crippen molar-refractivity contribution in [3.8, 4) is 0 Å². The first-order valence-electron chi connectivity index (χ1n) is 8.79. The van der Waals surface area contributed by atoms with Gasteiger partial charge in [-0.05, 0) is 42.3 Å². The number of carboxylic acids is 1. The lowest BCUT2D eigenvalue weighted by molar-refractivity contribution is -0.114. The number of rotatable bonds is 6. The Hall–Kier alpha value is -3.47. The summed E-state index contributed by atoms with van der Waals surface area (Å²) in [6.45, 7) is 2.04. The molecule has 5 nitrogen and oxygen atoms in total. The number of hydrazone groups is 1. The van der Waals surface area contributed by atoms with Crippen molar-refractivity contribution >= 4 is 29.4 Å². The highest BCUT2D eigenvalue weighted by molar-refractivity contribution is 6.30. The molecular weight excluding hydrogens is 340 g/mol. The molecule has 0 bridgehead atoms. The average molecular weight is 360 g/mol. The summed E-state index contributed by atoms with van der Waals surface area (Å²) in [5.74, 6) is -1.21. The standard InChI is InChI=1S/C22H20N2O3/c1-2-7-20-19(11-6-10-16-8-4-3-5-9-16)21(25)24(23-20)18-14-12-17(13-15-18)22(26)27/h3-6,8-15H,2,7H2,1H3,(H,26,27)/b10-6+,19-11+. The number of amides is 1. The smallest absolute Gasteiger partial charge is 0.335 e. The van der Waals surface area contributed by atoms with Crippen LogP contribution in [0.3, 0.4) is 0 Å². The van der Waals surface area contributed by atoms with Gasteiger partial charge in [0.15, 0.2) is 0 Å². The summed E-state index contributed by atoms with van der Waals surface area (Å²) in [5, 5.41) is 14.8. The van der Waals surface area contributed by atoms with Crippen molar-refractivity contribution in [2.45, 2.75) is 19.8 Å². The Morgan fingerprint density at radius 2 is 1.81 bits per heavy atom. The fourth-order valence-corrected chi connectivity index (χ4v) is 2.79. The number of hydrogen-bond donors (Lipinski definition) is 1. The highest BCUT2D eigenvalue weighted by Crippen LogP contribution is 2.25. The number of benzene rings is 2. The van der Waals surface area contributed by atoms with E-state index >= 15 is 0 Å². The molecule has 0 aromatic heterocycles. The third-order valence-electron chi connectivity index (χ3n) is 4.15. The van der Waals surface area contributed by atoms with Crippen LogP contribution in [0.5, 0.6) is 0 Å². The molecule has 0 spiro atoms. The molecule has 2 aromatic rings. The van der Waals surface area contributed by atoms with Crippen molar-refractivity contribution in [2.75, 3.05) is 5.01 Å². The number of aromatic carboxylic acids is 1. The van der Waals surface area contributed by atoms with Gasteiger partial charge in [0.2, 0.25) is 0 Å². The average Bonchev–Trinajstić information content (AvgIpc) is 2.99. The van der Waals surface area contributed by atoms with Gasteiger partial charge in [0.1, 0.15) is 0 Å². The van der Waals surface area contributed by atoms with E-state index in [1.54, 1.807) is 18.2 Å². The van der Waals surface area contributed by atoms with Gasteiger partial charge in [0.05, 0.1) is 22.5 Å². The lowest BCUT2D eigenvalue weighted by Crippen LogP contribution is -2.21. The molecule has 1 aliphatic heterocycles. The van der Waals surface area contributed by atoms with E-state index in [2.05, 4.69) is 5.10 Å². The van der Waals surface area contributed by atoms with Gasteiger partial charge < -0.3 is 5.11 Å². The van der Waals surface area contributed by atoms with Crippen LogP contribution < -0.4 is 5.01 Å². The molecule has 1 N–H and O–H groups in total. The van der Waals surface area contributed by atoms with Crippen LogP contribution in [0, 0.1) is 0 Å². The van der Waals surface area contributed by atoms with E-state index in [1.165, 1.54) is 17.1 Å². The molecule has 136 valence electrons. The summed E-state index contributed by atoms with van der Waals surface area (Å²) in [5.41, 5.74) is 3.07. The van der Waals surface area contributed by atoms with Crippen LogP contribution >= 0.6 is 0 Å². The molecule has 27 heavy (non-hydrogen) atoms. The van der Waals surface area contributed by atoms with Crippen LogP contribution in [0.25, 0.3) is 6.08 Å². The molecule has 2 aromatic carbocycles. The Kier molecular flexibility index (Phi) is 5.61. The minimum Gasteiger partial charge on any atom is -0.478 e. The SMILES string of the molecule is CCCC1=NN(c2ccc(C(=O)O)cc2)C(=O)/C1=C/C=C/c1ccccc1. The maximum absolute atomic E-state index is 12.8. The number of carboxylic acid groups (broad SMARTS) is 1. The maximum Gasteiger partial charge on any atom is 0.335 e. The lowest BCUT2D eigenvalue weighted by Gasteiger charge is -2.11. The van der Waals surface area contributed by atoms with Gasteiger partial charge >= 0.3 is 5.97 Å². The summed E-state index contributed by atoms with van der Waals surface area (Å²) in [4.78, 5) is 23.8. The third kappa shape index (κ3) is 4.20. The highest BCUT2D eigenvalue weighted by Gasteiger charge is 2.30. The Balaban J connectivity index is 1.86. The Morgan fingerprint density at radius 3 is 2.44 bits per heavy atom. The van der Waals surface area contributed by atoms with Crippen molar-refractivity contribution in [3.63, 3.8) is 0 Å². The van der Waals surface area contributed by atoms with Crippen LogP contribution in [-0.2, 0) is 4.79 Å². The van der Waals surface area contributed by atoms with Crippen LogP contribution in [0.4, 0.5) is 5.69 Å². The largest absolute Gasteiger partial charge is 0.478 e. The lowest BCUT2D eigenvalue weighted by atomic mass is 10.1. The number of carbonyl (C=O) groups excluding carboxylic acids is 1. The van der Waals surface area contributed by atoms with E-state index in [9.17, 15) is 9.59 Å². The van der Waals surface area contributed by atoms with E-state index in [1.807, 2.05) is 49.4 Å². The molecule has 0 aliphatic carbocycles. The van der Waals surface area contributed by atoms with Crippen molar-refractivity contribution in [3.05, 3.63) is 83.4 Å². The molecular formula is C22H20N2O3. The Morgan fingerprint density at radius 1 is 1.11 bits per heavy atom. The monoisotopic (exact) mass is 360 g/mol. The number of carbonyl (C=O) groups is 2. The third-order valence-corrected chi connectivity index (χ3v) is 4.15. The van der Waals surface area contributed by atoms with Gasteiger partial charge in [-0.1, -0.05) is 55.8 Å². The predicted molar refractivity (Wildman–Crippen MR) is 107 cm³/mol. The van der Waals surface area contributed by atoms with E-state index in [-0.39, 0.29) is 11.5 Å². The van der Waals surface area contributed by atoms with Crippen LogP contribution in [0.2, 0.25) is 0 Å². The summed E-state index contributed by atoms with van der Waals surface area (Å²) >= 11 is 0. The zero-order valence-electron chi connectivity index (χ0n) is 15.0. The van der Waals surface area contributed by atoms with Crippen LogP contribution in [0.1, 0.15) is 35.7 Å². The maximum atomic E-state index is 12.8. The zero-order valence-corrected chi connectivity index (χ0v) is 15.0. The molecule has 0 unspecified atom stereocenters. The fourth-order valence-electron chi connectivity index (χ4n) is 2.79. The predicted octanol–water partition coefficient (Wildman–Crippen LogP) is 4.53. The molecule has 5 heteroatoms. The van der Waals surface area contributed by atoms with Crippen LogP contribution in [0.15, 0.2) is 77.4 Å². The summed E-state index contributed by atoms with van der Waals surface area (Å²) in [6.07, 6.45) is 7.15. The second-order valence-corrected chi connectivity index (χ2v) is 6.12. The molecule has 1 heterocycles. The van der Waals surface area contributed by atoms with Gasteiger partial charge in [0.25, 0.3) is 5.91 Å². The van der Waals surface area contributed by atoms with Crippen molar-refractivity contribution in [1.82, 2.24) is 0 Å². The fraction of sp³-hybridized carbons (Fsp3) is 0.136. The second kappa shape index (κ2) is 8.27. The Bertz CT molecular complexity index is 926. The Labute approximate surface area is 157 Å². The quantitative estimate of drug-likeness (QED) is 0.770. The van der Waals surface area contributed by atoms with Gasteiger partial charge in [-0.2, -0.15) is 10.1 Å². The van der Waals surface area contributed by atoms with Gasteiger partial charge in [-0.3, -0.25) is 4.79 Å². The van der Waals surface area contributed by atoms with Crippen molar-refractivity contribution < 1.29 is 14.7 Å². The molecule has 1 aliphatic rings. The number of nitrogens with zero attached hydrogens (tertiary/aromatic N) is 2. The molecule has 0 fully saturated rings. The second-order valence-electron chi connectivity index (χ2n) is 6.12. The van der Waals surface area contributed by atoms with Crippen molar-refractivity contribution in [2.24, 2.45) is 5.10 Å². The first-order valence-corrected chi connectivity index (χ1v) is 8.79. The van der Waals surface area contributed by atoms with Gasteiger partial charge in [-0.15, -0.1) is 0 Å². The van der Waals surface area contributed by atoms with Crippen molar-refractivity contribution in [1.29, 1.82) is 0 Å². The van der Waals surface area contributed by atoms with E-state index < -0.39 is 5.97 Å². The molecule has 0 saturated carbocycles. The molecule has 0 saturated heterocycles. The summed E-state index contributed by atoms with van der Waals surface area (Å²) < 4.78 is 0. The normalized spacial score (nSPS) is 15.6. The number of allylic oxidation sites excluding steroid dienone is 2. The number of hydrogen-bond acceptors (Lipinski definition) is 3. The first-order chi connectivity index (χ1) is 13.1. The van der Waals surface area contributed by atoms with E-state index in [4.69, 9.17) is 5.11 Å². The molecule has 3 rings (SSSR count). The summed E-state index contributed by atoms with van der Waals surface area (Å²) in [6, 6.07) is 16.0. The molecule has 0 radical (unpaired) electrons. The van der Waals surface area contributed by atoms with Gasteiger partial charge in [-0.25, -0.2) is 4.79 Å². The van der Waals surface area contributed by atoms with Gasteiger partial charge in [0, 0.05) is 0 Å². The summed E-state index contributed by atoms with van der Waals surface area (Å²) in [7, 11) is 0. The topological polar surface area (TPSA) is 70.0 Å². The van der Waals surface area contributed by atoms with Crippen LogP contribution in [-0.4, -0.2) is 22.7 Å².